The van der Waals surface area contributed by atoms with E-state index < -0.39 is 8.07 Å². The molecule has 1 aliphatic rings. The molecule has 0 aromatic rings. The summed E-state index contributed by atoms with van der Waals surface area (Å²) >= 11 is 0. The van der Waals surface area contributed by atoms with Crippen molar-refractivity contribution in [1.82, 2.24) is 0 Å². The van der Waals surface area contributed by atoms with Crippen molar-refractivity contribution in [3.05, 3.63) is 11.8 Å². The lowest BCUT2D eigenvalue weighted by atomic mass is 9.98. The molecule has 13 heavy (non-hydrogen) atoms. The van der Waals surface area contributed by atoms with Crippen LogP contribution in [0.4, 0.5) is 0 Å². The Morgan fingerprint density at radius 2 is 1.77 bits per heavy atom. The monoisotopic (exact) mass is 198 g/mol. The summed E-state index contributed by atoms with van der Waals surface area (Å²) < 4.78 is 0. The number of hydrogen-bond donors (Lipinski definition) is 1. The zero-order valence-electron chi connectivity index (χ0n) is 9.14. The first kappa shape index (κ1) is 11.0. The molecule has 1 aliphatic carbocycles. The van der Waals surface area contributed by atoms with Gasteiger partial charge in [-0.2, -0.15) is 0 Å². The summed E-state index contributed by atoms with van der Waals surface area (Å²) in [4.78, 5) is 0. The minimum Gasteiger partial charge on any atom is -0.390 e. The van der Waals surface area contributed by atoms with Gasteiger partial charge in [-0.3, -0.25) is 0 Å². The van der Waals surface area contributed by atoms with Crippen molar-refractivity contribution in [2.45, 2.75) is 57.3 Å². The van der Waals surface area contributed by atoms with Crippen molar-refractivity contribution in [3.63, 3.8) is 0 Å². The molecule has 0 heterocycles. The summed E-state index contributed by atoms with van der Waals surface area (Å²) in [5.41, 5.74) is 1.99. The van der Waals surface area contributed by atoms with Crippen molar-refractivity contribution >= 4 is 8.07 Å². The van der Waals surface area contributed by atoms with Crippen molar-refractivity contribution in [1.29, 1.82) is 0 Å². The summed E-state index contributed by atoms with van der Waals surface area (Å²) in [7, 11) is -1.05. The Balaban J connectivity index is 2.37. The van der Waals surface area contributed by atoms with Gasteiger partial charge in [0.2, 0.25) is 0 Å². The van der Waals surface area contributed by atoms with E-state index in [4.69, 9.17) is 0 Å². The molecular formula is C11H22OSi. The molecule has 0 aliphatic heterocycles. The van der Waals surface area contributed by atoms with Crippen LogP contribution in [0.25, 0.3) is 0 Å². The summed E-state index contributed by atoms with van der Waals surface area (Å²) in [5.74, 6) is 0. The van der Waals surface area contributed by atoms with E-state index in [9.17, 15) is 5.11 Å². The quantitative estimate of drug-likeness (QED) is 0.691. The summed E-state index contributed by atoms with van der Waals surface area (Å²) in [6.45, 7) is 6.96. The van der Waals surface area contributed by atoms with Crippen LogP contribution >= 0.6 is 0 Å². The SMILES string of the molecule is C[Si](C)(C)/C=C/CC1(O)CCCC1. The Morgan fingerprint density at radius 1 is 1.23 bits per heavy atom. The number of aliphatic hydroxyl groups is 1. The van der Waals surface area contributed by atoms with E-state index in [2.05, 4.69) is 31.4 Å². The largest absolute Gasteiger partial charge is 0.390 e. The van der Waals surface area contributed by atoms with Gasteiger partial charge in [0.05, 0.1) is 13.7 Å². The number of hydrogen-bond acceptors (Lipinski definition) is 1. The van der Waals surface area contributed by atoms with Crippen LogP contribution in [0.3, 0.4) is 0 Å². The Labute approximate surface area is 82.9 Å². The van der Waals surface area contributed by atoms with Crippen molar-refractivity contribution in [2.24, 2.45) is 0 Å². The molecule has 1 saturated carbocycles. The topological polar surface area (TPSA) is 20.2 Å². The molecule has 1 nitrogen and oxygen atoms in total. The molecular weight excluding hydrogens is 176 g/mol. The summed E-state index contributed by atoms with van der Waals surface area (Å²) in [5, 5.41) is 10.1. The molecule has 1 fully saturated rings. The van der Waals surface area contributed by atoms with Gasteiger partial charge in [0.15, 0.2) is 0 Å². The van der Waals surface area contributed by atoms with Crippen molar-refractivity contribution < 1.29 is 5.11 Å². The van der Waals surface area contributed by atoms with Crippen LogP contribution in [-0.2, 0) is 0 Å². The van der Waals surface area contributed by atoms with E-state index in [0.717, 1.165) is 19.3 Å². The van der Waals surface area contributed by atoms with E-state index >= 15 is 0 Å². The van der Waals surface area contributed by atoms with Crippen molar-refractivity contribution in [2.75, 3.05) is 0 Å². The van der Waals surface area contributed by atoms with Crippen LogP contribution in [0.1, 0.15) is 32.1 Å². The minimum absolute atomic E-state index is 0.351. The van der Waals surface area contributed by atoms with Crippen LogP contribution in [-0.4, -0.2) is 18.8 Å². The Morgan fingerprint density at radius 3 is 2.23 bits per heavy atom. The highest BCUT2D eigenvalue weighted by molar-refractivity contribution is 6.80. The van der Waals surface area contributed by atoms with Gasteiger partial charge >= 0.3 is 0 Å². The Kier molecular flexibility index (Phi) is 3.36. The zero-order chi connectivity index (χ0) is 9.95. The first-order valence-electron chi connectivity index (χ1n) is 5.31. The molecule has 0 saturated heterocycles. The van der Waals surface area contributed by atoms with Crippen molar-refractivity contribution in [3.8, 4) is 0 Å². The summed E-state index contributed by atoms with van der Waals surface area (Å²) in [6, 6.07) is 0. The second-order valence-electron chi connectivity index (χ2n) is 5.40. The molecule has 0 aromatic heterocycles. The molecule has 0 amide bonds. The third kappa shape index (κ3) is 4.10. The van der Waals surface area contributed by atoms with Crippen LogP contribution < -0.4 is 0 Å². The second-order valence-corrected chi connectivity index (χ2v) is 10.5. The van der Waals surface area contributed by atoms with Gasteiger partial charge in [0, 0.05) is 0 Å². The highest BCUT2D eigenvalue weighted by Gasteiger charge is 2.29. The first-order chi connectivity index (χ1) is 5.91. The van der Waals surface area contributed by atoms with Gasteiger partial charge in [-0.1, -0.05) is 44.3 Å². The molecule has 0 atom stereocenters. The van der Waals surface area contributed by atoms with Gasteiger partial charge in [0.25, 0.3) is 0 Å². The standard InChI is InChI=1S/C11H22OSi/c1-13(2,3)10-6-9-11(12)7-4-5-8-11/h6,10,12H,4-5,7-9H2,1-3H3/b10-6+. The average Bonchev–Trinajstić information content (AvgIpc) is 2.33. The molecule has 0 radical (unpaired) electrons. The second kappa shape index (κ2) is 3.97. The van der Waals surface area contributed by atoms with Gasteiger partial charge in [-0.25, -0.2) is 0 Å². The highest BCUT2D eigenvalue weighted by atomic mass is 28.3. The fraction of sp³-hybridized carbons (Fsp3) is 0.818. The van der Waals surface area contributed by atoms with Gasteiger partial charge < -0.3 is 5.11 Å². The van der Waals surface area contributed by atoms with E-state index in [1.165, 1.54) is 12.8 Å². The van der Waals surface area contributed by atoms with E-state index in [-0.39, 0.29) is 5.60 Å². The maximum Gasteiger partial charge on any atom is 0.0682 e. The van der Waals surface area contributed by atoms with Gasteiger partial charge in [-0.15, -0.1) is 0 Å². The molecule has 0 spiro atoms. The van der Waals surface area contributed by atoms with E-state index in [0.29, 0.717) is 0 Å². The molecule has 1 rings (SSSR count). The predicted molar refractivity (Wildman–Crippen MR) is 60.5 cm³/mol. The predicted octanol–water partition coefficient (Wildman–Crippen LogP) is 3.12. The molecule has 1 N–H and O–H groups in total. The molecule has 0 aromatic carbocycles. The van der Waals surface area contributed by atoms with E-state index in [1.54, 1.807) is 0 Å². The lowest BCUT2D eigenvalue weighted by Crippen LogP contribution is -2.23. The molecule has 2 heteroatoms. The normalized spacial score (nSPS) is 22.8. The molecule has 0 unspecified atom stereocenters. The fourth-order valence-electron chi connectivity index (χ4n) is 1.87. The van der Waals surface area contributed by atoms with Crippen LogP contribution in [0.2, 0.25) is 19.6 Å². The molecule has 76 valence electrons. The fourth-order valence-corrected chi connectivity index (χ4v) is 2.69. The maximum atomic E-state index is 10.1. The van der Waals surface area contributed by atoms with Gasteiger partial charge in [-0.05, 0) is 19.3 Å². The third-order valence-electron chi connectivity index (χ3n) is 2.65. The smallest absolute Gasteiger partial charge is 0.0682 e. The Bertz CT molecular complexity index is 185. The average molecular weight is 198 g/mol. The lowest BCUT2D eigenvalue weighted by Gasteiger charge is -2.20. The third-order valence-corrected chi connectivity index (χ3v) is 3.89. The number of rotatable bonds is 3. The molecule has 0 bridgehead atoms. The van der Waals surface area contributed by atoms with Crippen LogP contribution in [0.15, 0.2) is 11.8 Å². The Hall–Kier alpha value is -0.0831. The zero-order valence-corrected chi connectivity index (χ0v) is 10.1. The van der Waals surface area contributed by atoms with E-state index in [1.807, 2.05) is 0 Å². The van der Waals surface area contributed by atoms with Crippen LogP contribution in [0.5, 0.6) is 0 Å². The maximum absolute atomic E-state index is 10.1. The lowest BCUT2D eigenvalue weighted by molar-refractivity contribution is 0.0510. The summed E-state index contributed by atoms with van der Waals surface area (Å²) in [6.07, 6.45) is 7.50. The van der Waals surface area contributed by atoms with Crippen LogP contribution in [0, 0.1) is 0 Å². The minimum atomic E-state index is -1.05. The van der Waals surface area contributed by atoms with Gasteiger partial charge in [0.1, 0.15) is 0 Å². The highest BCUT2D eigenvalue weighted by Crippen LogP contribution is 2.32. The first-order valence-corrected chi connectivity index (χ1v) is 8.89.